The van der Waals surface area contributed by atoms with Crippen molar-refractivity contribution in [1.82, 2.24) is 4.90 Å². The van der Waals surface area contributed by atoms with Crippen LogP contribution in [0.2, 0.25) is 0 Å². The van der Waals surface area contributed by atoms with Crippen molar-refractivity contribution in [2.75, 3.05) is 20.2 Å². The first-order chi connectivity index (χ1) is 10.1. The Labute approximate surface area is 137 Å². The van der Waals surface area contributed by atoms with Gasteiger partial charge < -0.3 is 9.84 Å². The fourth-order valence-corrected chi connectivity index (χ4v) is 2.20. The van der Waals surface area contributed by atoms with Crippen LogP contribution in [0.25, 0.3) is 10.8 Å². The van der Waals surface area contributed by atoms with E-state index in [4.69, 9.17) is 9.84 Å². The summed E-state index contributed by atoms with van der Waals surface area (Å²) in [7, 11) is 1.82. The van der Waals surface area contributed by atoms with E-state index in [-0.39, 0.29) is 12.4 Å². The zero-order valence-electron chi connectivity index (χ0n) is 12.9. The van der Waals surface area contributed by atoms with E-state index in [0.717, 1.165) is 22.9 Å². The molecule has 22 heavy (non-hydrogen) atoms. The summed E-state index contributed by atoms with van der Waals surface area (Å²) < 4.78 is 5.84. The molecular formula is C17H22ClNO3. The lowest BCUT2D eigenvalue weighted by Gasteiger charge is -2.20. The summed E-state index contributed by atoms with van der Waals surface area (Å²) in [6, 6.07) is 13.6. The van der Waals surface area contributed by atoms with Gasteiger partial charge in [-0.2, -0.15) is 0 Å². The maximum Gasteiger partial charge on any atom is 0.320 e. The van der Waals surface area contributed by atoms with Crippen LogP contribution in [0.3, 0.4) is 0 Å². The number of ether oxygens (including phenoxy) is 1. The van der Waals surface area contributed by atoms with Crippen LogP contribution in [-0.2, 0) is 4.79 Å². The first-order valence-electron chi connectivity index (χ1n) is 7.13. The highest BCUT2D eigenvalue weighted by molar-refractivity contribution is 5.88. The normalized spacial score (nSPS) is 12.0. The van der Waals surface area contributed by atoms with Crippen LogP contribution < -0.4 is 4.74 Å². The predicted octanol–water partition coefficient (Wildman–Crippen LogP) is 3.44. The number of rotatable bonds is 7. The standard InChI is InChI=1S/C17H21NO3.ClH/c1-13(17(19)20)18(2)11-6-12-21-16-10-5-8-14-7-3-4-9-15(14)16;/h3-5,7-10,13H,6,11-12H2,1-2H3,(H,19,20);1H. The van der Waals surface area contributed by atoms with Crippen molar-refractivity contribution in [3.05, 3.63) is 42.5 Å². The molecule has 0 aromatic heterocycles. The highest BCUT2D eigenvalue weighted by Gasteiger charge is 2.15. The molecule has 0 saturated heterocycles. The van der Waals surface area contributed by atoms with Crippen molar-refractivity contribution >= 4 is 29.1 Å². The lowest BCUT2D eigenvalue weighted by molar-refractivity contribution is -0.142. The van der Waals surface area contributed by atoms with Crippen molar-refractivity contribution in [3.8, 4) is 5.75 Å². The number of hydrogen-bond acceptors (Lipinski definition) is 3. The minimum atomic E-state index is -0.799. The van der Waals surface area contributed by atoms with Gasteiger partial charge in [0.1, 0.15) is 11.8 Å². The second-order valence-corrected chi connectivity index (χ2v) is 5.17. The lowest BCUT2D eigenvalue weighted by atomic mass is 10.1. The fourth-order valence-electron chi connectivity index (χ4n) is 2.20. The van der Waals surface area contributed by atoms with E-state index in [1.165, 1.54) is 0 Å². The number of aliphatic carboxylic acids is 1. The van der Waals surface area contributed by atoms with Crippen LogP contribution in [-0.4, -0.2) is 42.2 Å². The van der Waals surface area contributed by atoms with E-state index in [0.29, 0.717) is 13.2 Å². The Hall–Kier alpha value is -1.78. The zero-order valence-corrected chi connectivity index (χ0v) is 13.7. The molecule has 0 aliphatic carbocycles. The molecule has 2 aromatic carbocycles. The first-order valence-corrected chi connectivity index (χ1v) is 7.13. The number of benzene rings is 2. The monoisotopic (exact) mass is 323 g/mol. The van der Waals surface area contributed by atoms with Gasteiger partial charge in [0.25, 0.3) is 0 Å². The molecule has 0 aliphatic heterocycles. The zero-order chi connectivity index (χ0) is 15.2. The number of likely N-dealkylation sites (N-methyl/N-ethyl adjacent to an activating group) is 1. The van der Waals surface area contributed by atoms with Crippen molar-refractivity contribution in [2.24, 2.45) is 0 Å². The molecule has 0 fully saturated rings. The maximum absolute atomic E-state index is 10.9. The minimum Gasteiger partial charge on any atom is -0.493 e. The van der Waals surface area contributed by atoms with E-state index >= 15 is 0 Å². The van der Waals surface area contributed by atoms with Gasteiger partial charge in [-0.15, -0.1) is 12.4 Å². The number of carboxylic acids is 1. The maximum atomic E-state index is 10.9. The van der Waals surface area contributed by atoms with Gasteiger partial charge in [0, 0.05) is 11.9 Å². The highest BCUT2D eigenvalue weighted by Crippen LogP contribution is 2.25. The van der Waals surface area contributed by atoms with Gasteiger partial charge in [0.05, 0.1) is 6.61 Å². The van der Waals surface area contributed by atoms with Crippen LogP contribution in [0.5, 0.6) is 5.75 Å². The van der Waals surface area contributed by atoms with Gasteiger partial charge in [-0.3, -0.25) is 9.69 Å². The van der Waals surface area contributed by atoms with Gasteiger partial charge in [0.2, 0.25) is 0 Å². The average molecular weight is 324 g/mol. The predicted molar refractivity (Wildman–Crippen MR) is 91.0 cm³/mol. The molecule has 0 saturated carbocycles. The van der Waals surface area contributed by atoms with Gasteiger partial charge in [0.15, 0.2) is 0 Å². The van der Waals surface area contributed by atoms with Crippen LogP contribution in [0, 0.1) is 0 Å². The second kappa shape index (κ2) is 8.61. The second-order valence-electron chi connectivity index (χ2n) is 5.17. The molecule has 0 radical (unpaired) electrons. The summed E-state index contributed by atoms with van der Waals surface area (Å²) in [5, 5.41) is 11.2. The molecular weight excluding hydrogens is 302 g/mol. The Morgan fingerprint density at radius 3 is 2.64 bits per heavy atom. The third-order valence-corrected chi connectivity index (χ3v) is 3.68. The molecule has 0 aliphatic rings. The van der Waals surface area contributed by atoms with Gasteiger partial charge in [-0.05, 0) is 31.8 Å². The molecule has 5 heteroatoms. The smallest absolute Gasteiger partial charge is 0.320 e. The third kappa shape index (κ3) is 4.61. The minimum absolute atomic E-state index is 0. The van der Waals surface area contributed by atoms with Crippen LogP contribution >= 0.6 is 12.4 Å². The summed E-state index contributed by atoms with van der Waals surface area (Å²) in [6.07, 6.45) is 0.789. The molecule has 1 atom stereocenters. The Bertz CT molecular complexity index is 612. The van der Waals surface area contributed by atoms with Crippen molar-refractivity contribution in [1.29, 1.82) is 0 Å². The van der Waals surface area contributed by atoms with E-state index in [1.807, 2.05) is 42.3 Å². The number of carbonyl (C=O) groups is 1. The summed E-state index contributed by atoms with van der Waals surface area (Å²) in [5.41, 5.74) is 0. The quantitative estimate of drug-likeness (QED) is 0.793. The Morgan fingerprint density at radius 2 is 1.91 bits per heavy atom. The SMILES string of the molecule is CC(C(=O)O)N(C)CCCOc1cccc2ccccc12.Cl. The lowest BCUT2D eigenvalue weighted by Crippen LogP contribution is -2.36. The number of fused-ring (bicyclic) bond motifs is 1. The molecule has 1 N–H and O–H groups in total. The molecule has 4 nitrogen and oxygen atoms in total. The molecule has 0 heterocycles. The van der Waals surface area contributed by atoms with Crippen LogP contribution in [0.1, 0.15) is 13.3 Å². The van der Waals surface area contributed by atoms with Crippen molar-refractivity contribution in [3.63, 3.8) is 0 Å². The molecule has 2 aromatic rings. The first kappa shape index (κ1) is 18.3. The van der Waals surface area contributed by atoms with Crippen molar-refractivity contribution < 1.29 is 14.6 Å². The molecule has 1 unspecified atom stereocenters. The van der Waals surface area contributed by atoms with Gasteiger partial charge in [-0.25, -0.2) is 0 Å². The molecule has 2 rings (SSSR count). The third-order valence-electron chi connectivity index (χ3n) is 3.68. The van der Waals surface area contributed by atoms with E-state index in [9.17, 15) is 4.79 Å². The van der Waals surface area contributed by atoms with E-state index < -0.39 is 12.0 Å². The van der Waals surface area contributed by atoms with Crippen LogP contribution in [0.15, 0.2) is 42.5 Å². The van der Waals surface area contributed by atoms with Gasteiger partial charge >= 0.3 is 5.97 Å². The highest BCUT2D eigenvalue weighted by atomic mass is 35.5. The number of hydrogen-bond donors (Lipinski definition) is 1. The molecule has 0 spiro atoms. The largest absolute Gasteiger partial charge is 0.493 e. The number of carboxylic acid groups (broad SMARTS) is 1. The fraction of sp³-hybridized carbons (Fsp3) is 0.353. The molecule has 0 amide bonds. The summed E-state index contributed by atoms with van der Waals surface area (Å²) >= 11 is 0. The summed E-state index contributed by atoms with van der Waals surface area (Å²) in [6.45, 7) is 2.96. The molecule has 0 bridgehead atoms. The number of nitrogens with zero attached hydrogens (tertiary/aromatic N) is 1. The summed E-state index contributed by atoms with van der Waals surface area (Å²) in [4.78, 5) is 12.7. The summed E-state index contributed by atoms with van der Waals surface area (Å²) in [5.74, 6) is 0.0782. The van der Waals surface area contributed by atoms with E-state index in [2.05, 4.69) is 12.1 Å². The van der Waals surface area contributed by atoms with E-state index in [1.54, 1.807) is 6.92 Å². The average Bonchev–Trinajstić information content (AvgIpc) is 2.50. The number of halogens is 1. The Balaban J connectivity index is 0.00000242. The molecule has 120 valence electrons. The van der Waals surface area contributed by atoms with Gasteiger partial charge in [-0.1, -0.05) is 36.4 Å². The van der Waals surface area contributed by atoms with Crippen LogP contribution in [0.4, 0.5) is 0 Å². The van der Waals surface area contributed by atoms with Crippen molar-refractivity contribution in [2.45, 2.75) is 19.4 Å². The Kier molecular flexibility index (Phi) is 7.15. The Morgan fingerprint density at radius 1 is 1.23 bits per heavy atom. The topological polar surface area (TPSA) is 49.8 Å².